The molecule has 0 aliphatic carbocycles. The average Bonchev–Trinajstić information content (AvgIpc) is 2.84. The summed E-state index contributed by atoms with van der Waals surface area (Å²) in [6.07, 6.45) is 6.14. The van der Waals surface area contributed by atoms with Crippen molar-refractivity contribution in [2.45, 2.75) is 32.7 Å². The second-order valence-electron chi connectivity index (χ2n) is 5.77. The van der Waals surface area contributed by atoms with Gasteiger partial charge in [0.05, 0.1) is 12.5 Å². The van der Waals surface area contributed by atoms with Crippen molar-refractivity contribution in [3.05, 3.63) is 24.2 Å². The van der Waals surface area contributed by atoms with Crippen molar-refractivity contribution in [1.29, 1.82) is 0 Å². The Bertz CT molecular complexity index is 326. The first-order chi connectivity index (χ1) is 8.09. The van der Waals surface area contributed by atoms with E-state index in [1.807, 2.05) is 12.3 Å². The first kappa shape index (κ1) is 12.7. The summed E-state index contributed by atoms with van der Waals surface area (Å²) in [4.78, 5) is 2.42. The summed E-state index contributed by atoms with van der Waals surface area (Å²) in [5.74, 6) is 0. The third-order valence-corrected chi connectivity index (χ3v) is 4.07. The molecule has 0 amide bonds. The number of hydrogen-bond donors (Lipinski definition) is 1. The largest absolute Gasteiger partial charge is 0.472 e. The van der Waals surface area contributed by atoms with Gasteiger partial charge in [0.1, 0.15) is 0 Å². The molecule has 1 aromatic heterocycles. The predicted octanol–water partition coefficient (Wildman–Crippen LogP) is 2.66. The van der Waals surface area contributed by atoms with E-state index in [2.05, 4.69) is 31.1 Å². The Morgan fingerprint density at radius 3 is 2.76 bits per heavy atom. The summed E-state index contributed by atoms with van der Waals surface area (Å²) in [7, 11) is 2.21. The van der Waals surface area contributed by atoms with E-state index in [-0.39, 0.29) is 0 Å². The number of hydrogen-bond acceptors (Lipinski definition) is 3. The summed E-state index contributed by atoms with van der Waals surface area (Å²) >= 11 is 0. The van der Waals surface area contributed by atoms with Crippen LogP contribution in [-0.4, -0.2) is 31.6 Å². The maximum Gasteiger partial charge on any atom is 0.0950 e. The lowest BCUT2D eigenvalue weighted by molar-refractivity contribution is 0.134. The van der Waals surface area contributed by atoms with Crippen LogP contribution in [0.5, 0.6) is 0 Å². The Labute approximate surface area is 104 Å². The van der Waals surface area contributed by atoms with Gasteiger partial charge in [-0.25, -0.2) is 0 Å². The first-order valence-corrected chi connectivity index (χ1v) is 6.53. The van der Waals surface area contributed by atoms with Gasteiger partial charge in [-0.05, 0) is 51.4 Å². The molecule has 0 saturated carbocycles. The number of likely N-dealkylation sites (tertiary alicyclic amines) is 1. The molecule has 1 aliphatic heterocycles. The molecule has 0 spiro atoms. The van der Waals surface area contributed by atoms with Crippen LogP contribution in [0.15, 0.2) is 23.0 Å². The monoisotopic (exact) mass is 236 g/mol. The van der Waals surface area contributed by atoms with Crippen LogP contribution >= 0.6 is 0 Å². The lowest BCUT2D eigenvalue weighted by Gasteiger charge is -2.38. The van der Waals surface area contributed by atoms with Gasteiger partial charge in [0, 0.05) is 18.2 Å². The van der Waals surface area contributed by atoms with E-state index in [4.69, 9.17) is 4.42 Å². The van der Waals surface area contributed by atoms with Crippen molar-refractivity contribution in [3.63, 3.8) is 0 Å². The summed E-state index contributed by atoms with van der Waals surface area (Å²) in [5.41, 5.74) is 1.69. The van der Waals surface area contributed by atoms with Gasteiger partial charge in [-0.3, -0.25) is 0 Å². The smallest absolute Gasteiger partial charge is 0.0950 e. The Kier molecular flexibility index (Phi) is 3.89. The van der Waals surface area contributed by atoms with Crippen LogP contribution in [0.1, 0.15) is 38.3 Å². The lowest BCUT2D eigenvalue weighted by Crippen LogP contribution is -2.42. The minimum absolute atomic E-state index is 0.380. The Hall–Kier alpha value is -0.800. The fourth-order valence-electron chi connectivity index (χ4n) is 2.37. The average molecular weight is 236 g/mol. The summed E-state index contributed by atoms with van der Waals surface area (Å²) < 4.78 is 5.12. The molecule has 17 heavy (non-hydrogen) atoms. The molecule has 1 aliphatic rings. The zero-order valence-corrected chi connectivity index (χ0v) is 11.2. The number of furan rings is 1. The molecule has 0 bridgehead atoms. The Morgan fingerprint density at radius 2 is 2.18 bits per heavy atom. The summed E-state index contributed by atoms with van der Waals surface area (Å²) in [5, 5.41) is 3.63. The molecule has 3 heteroatoms. The van der Waals surface area contributed by atoms with Gasteiger partial charge >= 0.3 is 0 Å². The predicted molar refractivity (Wildman–Crippen MR) is 70.0 cm³/mol. The highest BCUT2D eigenvalue weighted by Crippen LogP contribution is 2.30. The second kappa shape index (κ2) is 5.23. The number of rotatable bonds is 4. The van der Waals surface area contributed by atoms with Crippen LogP contribution in [0.4, 0.5) is 0 Å². The highest BCUT2D eigenvalue weighted by atomic mass is 16.3. The van der Waals surface area contributed by atoms with Gasteiger partial charge in [-0.2, -0.15) is 0 Å². The third kappa shape index (κ3) is 3.33. The van der Waals surface area contributed by atoms with Crippen LogP contribution < -0.4 is 5.32 Å². The molecule has 1 N–H and O–H groups in total. The van der Waals surface area contributed by atoms with Gasteiger partial charge in [-0.15, -0.1) is 0 Å². The topological polar surface area (TPSA) is 28.4 Å². The van der Waals surface area contributed by atoms with E-state index in [0.717, 1.165) is 6.54 Å². The molecule has 1 saturated heterocycles. The summed E-state index contributed by atoms with van der Waals surface area (Å²) in [6.45, 7) is 8.13. The normalized spacial score (nSPS) is 22.5. The van der Waals surface area contributed by atoms with Gasteiger partial charge in [0.25, 0.3) is 0 Å². The maximum atomic E-state index is 5.12. The van der Waals surface area contributed by atoms with E-state index in [9.17, 15) is 0 Å². The molecule has 2 rings (SSSR count). The lowest BCUT2D eigenvalue weighted by atomic mass is 9.80. The van der Waals surface area contributed by atoms with E-state index in [1.165, 1.54) is 31.5 Å². The molecular weight excluding hydrogens is 212 g/mol. The van der Waals surface area contributed by atoms with Gasteiger partial charge in [0.15, 0.2) is 0 Å². The molecule has 0 radical (unpaired) electrons. The van der Waals surface area contributed by atoms with Crippen molar-refractivity contribution < 1.29 is 4.42 Å². The second-order valence-corrected chi connectivity index (χ2v) is 5.77. The molecule has 1 atom stereocenters. The molecule has 1 fully saturated rings. The zero-order chi connectivity index (χ0) is 12.3. The quantitative estimate of drug-likeness (QED) is 0.871. The molecule has 96 valence electrons. The number of piperidine rings is 1. The van der Waals surface area contributed by atoms with Gasteiger partial charge in [-0.1, -0.05) is 6.92 Å². The van der Waals surface area contributed by atoms with E-state index in [1.54, 1.807) is 6.26 Å². The van der Waals surface area contributed by atoms with Crippen molar-refractivity contribution in [3.8, 4) is 0 Å². The zero-order valence-electron chi connectivity index (χ0n) is 11.2. The van der Waals surface area contributed by atoms with Crippen LogP contribution in [0, 0.1) is 5.41 Å². The maximum absolute atomic E-state index is 5.12. The van der Waals surface area contributed by atoms with Crippen LogP contribution in [0.3, 0.4) is 0 Å². The van der Waals surface area contributed by atoms with Crippen molar-refractivity contribution in [1.82, 2.24) is 10.2 Å². The molecule has 0 aromatic carbocycles. The minimum atomic E-state index is 0.380. The van der Waals surface area contributed by atoms with E-state index >= 15 is 0 Å². The fourth-order valence-corrected chi connectivity index (χ4v) is 2.37. The highest BCUT2D eigenvalue weighted by Gasteiger charge is 2.28. The molecule has 1 aromatic rings. The van der Waals surface area contributed by atoms with Crippen LogP contribution in [-0.2, 0) is 0 Å². The van der Waals surface area contributed by atoms with Crippen molar-refractivity contribution >= 4 is 0 Å². The van der Waals surface area contributed by atoms with Crippen molar-refractivity contribution in [2.24, 2.45) is 5.41 Å². The van der Waals surface area contributed by atoms with Gasteiger partial charge < -0.3 is 14.6 Å². The number of nitrogens with zero attached hydrogens (tertiary/aromatic N) is 1. The van der Waals surface area contributed by atoms with E-state index < -0.39 is 0 Å². The highest BCUT2D eigenvalue weighted by molar-refractivity contribution is 5.10. The standard InChI is InChI=1S/C14H24N2O/c1-12(13-4-9-17-10-13)15-11-14(2)5-7-16(3)8-6-14/h4,9-10,12,15H,5-8,11H2,1-3H3. The minimum Gasteiger partial charge on any atom is -0.472 e. The summed E-state index contributed by atoms with van der Waals surface area (Å²) in [6, 6.07) is 2.42. The Balaban J connectivity index is 1.81. The third-order valence-electron chi connectivity index (χ3n) is 4.07. The molecule has 3 nitrogen and oxygen atoms in total. The SMILES string of the molecule is CC(NCC1(C)CCN(C)CC1)c1ccoc1. The number of nitrogens with one attached hydrogen (secondary N) is 1. The van der Waals surface area contributed by atoms with Gasteiger partial charge in [0.2, 0.25) is 0 Å². The molecular formula is C14H24N2O. The van der Waals surface area contributed by atoms with Crippen LogP contribution in [0.25, 0.3) is 0 Å². The molecule has 1 unspecified atom stereocenters. The van der Waals surface area contributed by atoms with Crippen molar-refractivity contribution in [2.75, 3.05) is 26.7 Å². The fraction of sp³-hybridized carbons (Fsp3) is 0.714. The Morgan fingerprint density at radius 1 is 1.47 bits per heavy atom. The van der Waals surface area contributed by atoms with Crippen LogP contribution in [0.2, 0.25) is 0 Å². The molecule has 2 heterocycles. The van der Waals surface area contributed by atoms with E-state index in [0.29, 0.717) is 11.5 Å². The first-order valence-electron chi connectivity index (χ1n) is 6.53.